The molecule has 24 heavy (non-hydrogen) atoms. The van der Waals surface area contributed by atoms with Crippen LogP contribution >= 0.6 is 0 Å². The summed E-state index contributed by atoms with van der Waals surface area (Å²) in [7, 11) is 0. The number of amides is 2. The van der Waals surface area contributed by atoms with Gasteiger partial charge in [0.2, 0.25) is 0 Å². The molecule has 1 atom stereocenters. The fraction of sp³-hybridized carbons (Fsp3) is 0.556. The summed E-state index contributed by atoms with van der Waals surface area (Å²) >= 11 is 0. The van der Waals surface area contributed by atoms with E-state index >= 15 is 0 Å². The monoisotopic (exact) mass is 333 g/mol. The molecule has 0 aromatic heterocycles. The van der Waals surface area contributed by atoms with Crippen molar-refractivity contribution in [1.29, 1.82) is 0 Å². The highest BCUT2D eigenvalue weighted by atomic mass is 16.6. The van der Waals surface area contributed by atoms with E-state index in [1.165, 1.54) is 0 Å². The maximum Gasteiger partial charge on any atom is 0.407 e. The molecule has 1 aromatic carbocycles. The van der Waals surface area contributed by atoms with Crippen molar-refractivity contribution in [1.82, 2.24) is 10.2 Å². The highest BCUT2D eigenvalue weighted by molar-refractivity contribution is 5.95. The van der Waals surface area contributed by atoms with Crippen molar-refractivity contribution in [3.05, 3.63) is 29.3 Å². The number of ether oxygens (including phenoxy) is 1. The van der Waals surface area contributed by atoms with Gasteiger partial charge >= 0.3 is 6.09 Å². The number of likely N-dealkylation sites (tertiary alicyclic amines) is 1. The number of nitrogens with two attached hydrogens (primary N) is 1. The van der Waals surface area contributed by atoms with E-state index in [0.29, 0.717) is 24.3 Å². The van der Waals surface area contributed by atoms with Crippen molar-refractivity contribution in [2.24, 2.45) is 0 Å². The molecule has 0 aliphatic carbocycles. The molecule has 1 fully saturated rings. The Labute approximate surface area is 143 Å². The fourth-order valence-corrected chi connectivity index (χ4v) is 2.87. The van der Waals surface area contributed by atoms with Gasteiger partial charge in [0, 0.05) is 30.4 Å². The first kappa shape index (κ1) is 18.1. The van der Waals surface area contributed by atoms with Crippen LogP contribution in [0.15, 0.2) is 18.2 Å². The zero-order valence-electron chi connectivity index (χ0n) is 14.9. The minimum Gasteiger partial charge on any atom is -0.444 e. The fourth-order valence-electron chi connectivity index (χ4n) is 2.87. The first-order chi connectivity index (χ1) is 11.1. The summed E-state index contributed by atoms with van der Waals surface area (Å²) in [5.74, 6) is -0.0545. The first-order valence-corrected chi connectivity index (χ1v) is 8.30. The van der Waals surface area contributed by atoms with Crippen LogP contribution in [-0.2, 0) is 4.74 Å². The highest BCUT2D eigenvalue weighted by Gasteiger charge is 2.27. The number of alkyl carbamates (subject to hydrolysis) is 1. The van der Waals surface area contributed by atoms with E-state index in [1.54, 1.807) is 11.0 Å². The van der Waals surface area contributed by atoms with Crippen LogP contribution in [0.5, 0.6) is 0 Å². The third kappa shape index (κ3) is 5.15. The Morgan fingerprint density at radius 1 is 1.29 bits per heavy atom. The van der Waals surface area contributed by atoms with Crippen LogP contribution in [0.3, 0.4) is 0 Å². The summed E-state index contributed by atoms with van der Waals surface area (Å²) in [6, 6.07) is 5.27. The molecule has 2 amide bonds. The molecular weight excluding hydrogens is 306 g/mol. The number of anilines is 1. The molecule has 1 aliphatic rings. The van der Waals surface area contributed by atoms with Crippen LogP contribution < -0.4 is 11.1 Å². The van der Waals surface area contributed by atoms with E-state index in [4.69, 9.17) is 10.5 Å². The van der Waals surface area contributed by atoms with Crippen molar-refractivity contribution >= 4 is 17.7 Å². The Hall–Kier alpha value is -2.24. The summed E-state index contributed by atoms with van der Waals surface area (Å²) < 4.78 is 5.28. The zero-order chi connectivity index (χ0) is 17.9. The maximum atomic E-state index is 12.7. The van der Waals surface area contributed by atoms with Crippen LogP contribution in [0.4, 0.5) is 10.5 Å². The highest BCUT2D eigenvalue weighted by Crippen LogP contribution is 2.18. The molecule has 6 heteroatoms. The van der Waals surface area contributed by atoms with Gasteiger partial charge in [0.15, 0.2) is 0 Å². The average Bonchev–Trinajstić information content (AvgIpc) is 2.43. The van der Waals surface area contributed by atoms with Gasteiger partial charge in [0.25, 0.3) is 5.91 Å². The van der Waals surface area contributed by atoms with Gasteiger partial charge in [0.1, 0.15) is 5.60 Å². The predicted octanol–water partition coefficient (Wildman–Crippen LogP) is 2.71. The van der Waals surface area contributed by atoms with Gasteiger partial charge in [-0.3, -0.25) is 4.79 Å². The minimum absolute atomic E-state index is 0.0545. The van der Waals surface area contributed by atoms with Crippen LogP contribution in [-0.4, -0.2) is 41.6 Å². The van der Waals surface area contributed by atoms with Gasteiger partial charge < -0.3 is 20.7 Å². The number of hydrogen-bond donors (Lipinski definition) is 2. The molecule has 0 unspecified atom stereocenters. The Morgan fingerprint density at radius 3 is 2.62 bits per heavy atom. The number of piperidine rings is 1. The first-order valence-electron chi connectivity index (χ1n) is 8.30. The number of carbonyl (C=O) groups is 2. The number of nitrogen functional groups attached to an aromatic ring is 1. The lowest BCUT2D eigenvalue weighted by Crippen LogP contribution is -2.50. The number of benzene rings is 1. The SMILES string of the molecule is Cc1cc(N)cc(C(=O)N2CCC[C@H](NC(=O)OC(C)(C)C)C2)c1. The molecule has 1 saturated heterocycles. The number of nitrogens with zero attached hydrogens (tertiary/aromatic N) is 1. The third-order valence-corrected chi connectivity index (χ3v) is 3.78. The van der Waals surface area contributed by atoms with E-state index in [9.17, 15) is 9.59 Å². The Morgan fingerprint density at radius 2 is 2.00 bits per heavy atom. The second-order valence-corrected chi connectivity index (χ2v) is 7.37. The number of carbonyl (C=O) groups excluding carboxylic acids is 2. The lowest BCUT2D eigenvalue weighted by atomic mass is 10.0. The largest absolute Gasteiger partial charge is 0.444 e. The molecule has 2 rings (SSSR count). The molecule has 6 nitrogen and oxygen atoms in total. The van der Waals surface area contributed by atoms with Crippen molar-refractivity contribution in [3.8, 4) is 0 Å². The van der Waals surface area contributed by atoms with Gasteiger partial charge in [-0.1, -0.05) is 0 Å². The van der Waals surface area contributed by atoms with Crippen molar-refractivity contribution < 1.29 is 14.3 Å². The zero-order valence-corrected chi connectivity index (χ0v) is 14.9. The van der Waals surface area contributed by atoms with Gasteiger partial charge in [-0.15, -0.1) is 0 Å². The normalized spacial score (nSPS) is 18.2. The second-order valence-electron chi connectivity index (χ2n) is 7.37. The molecule has 0 bridgehead atoms. The van der Waals surface area contributed by atoms with E-state index in [1.807, 2.05) is 39.8 Å². The van der Waals surface area contributed by atoms with E-state index in [-0.39, 0.29) is 11.9 Å². The van der Waals surface area contributed by atoms with E-state index < -0.39 is 11.7 Å². The van der Waals surface area contributed by atoms with Crippen molar-refractivity contribution in [2.75, 3.05) is 18.8 Å². The molecule has 1 aromatic rings. The Kier molecular flexibility index (Phi) is 5.36. The van der Waals surface area contributed by atoms with Gasteiger partial charge in [-0.05, 0) is 64.3 Å². The number of aryl methyl sites for hydroxylation is 1. The predicted molar refractivity (Wildman–Crippen MR) is 93.9 cm³/mol. The number of hydrogen-bond acceptors (Lipinski definition) is 4. The van der Waals surface area contributed by atoms with Crippen LogP contribution in [0.1, 0.15) is 49.5 Å². The van der Waals surface area contributed by atoms with Gasteiger partial charge in [0.05, 0.1) is 0 Å². The number of nitrogens with one attached hydrogen (secondary N) is 1. The topological polar surface area (TPSA) is 84.7 Å². The van der Waals surface area contributed by atoms with Crippen LogP contribution in [0.25, 0.3) is 0 Å². The van der Waals surface area contributed by atoms with Crippen LogP contribution in [0.2, 0.25) is 0 Å². The molecule has 0 spiro atoms. The maximum absolute atomic E-state index is 12.7. The lowest BCUT2D eigenvalue weighted by molar-refractivity contribution is 0.0452. The third-order valence-electron chi connectivity index (χ3n) is 3.78. The van der Waals surface area contributed by atoms with Crippen molar-refractivity contribution in [2.45, 2.75) is 52.2 Å². The summed E-state index contributed by atoms with van der Waals surface area (Å²) in [5.41, 5.74) is 7.43. The molecule has 3 N–H and O–H groups in total. The molecule has 0 radical (unpaired) electrons. The molecule has 0 saturated carbocycles. The quantitative estimate of drug-likeness (QED) is 0.815. The van der Waals surface area contributed by atoms with E-state index in [2.05, 4.69) is 5.32 Å². The lowest BCUT2D eigenvalue weighted by Gasteiger charge is -2.33. The second kappa shape index (κ2) is 7.11. The Balaban J connectivity index is 1.99. The summed E-state index contributed by atoms with van der Waals surface area (Å²) in [6.45, 7) is 8.55. The average molecular weight is 333 g/mol. The molecule has 1 heterocycles. The van der Waals surface area contributed by atoms with Crippen molar-refractivity contribution in [3.63, 3.8) is 0 Å². The summed E-state index contributed by atoms with van der Waals surface area (Å²) in [6.07, 6.45) is 1.23. The van der Waals surface area contributed by atoms with E-state index in [0.717, 1.165) is 18.4 Å². The summed E-state index contributed by atoms with van der Waals surface area (Å²) in [4.78, 5) is 26.4. The standard InChI is InChI=1S/C18H27N3O3/c1-12-8-13(10-14(19)9-12)16(22)21-7-5-6-15(11-21)20-17(23)24-18(2,3)4/h8-10,15H,5-7,11,19H2,1-4H3,(H,20,23)/t15-/m0/s1. The van der Waals surface area contributed by atoms with Gasteiger partial charge in [-0.2, -0.15) is 0 Å². The number of rotatable bonds is 2. The van der Waals surface area contributed by atoms with Crippen LogP contribution in [0, 0.1) is 6.92 Å². The molecule has 132 valence electrons. The van der Waals surface area contributed by atoms with Gasteiger partial charge in [-0.25, -0.2) is 4.79 Å². The Bertz CT molecular complexity index is 602. The summed E-state index contributed by atoms with van der Waals surface area (Å²) in [5, 5.41) is 2.85. The molecule has 1 aliphatic heterocycles. The molecular formula is C18H27N3O3. The minimum atomic E-state index is -0.534. The smallest absolute Gasteiger partial charge is 0.407 e.